The Hall–Kier alpha value is -0.870. The molecule has 2 N–H and O–H groups in total. The maximum absolute atomic E-state index is 6.14. The van der Waals surface area contributed by atoms with E-state index in [0.717, 1.165) is 19.4 Å². The van der Waals surface area contributed by atoms with Crippen LogP contribution in [0.4, 0.5) is 0 Å². The van der Waals surface area contributed by atoms with Crippen LogP contribution in [0.2, 0.25) is 0 Å². The normalized spacial score (nSPS) is 28.2. The van der Waals surface area contributed by atoms with Crippen molar-refractivity contribution in [1.82, 2.24) is 9.78 Å². The Morgan fingerprint density at radius 2 is 2.62 bits per heavy atom. The maximum atomic E-state index is 6.14. The highest BCUT2D eigenvalue weighted by atomic mass is 16.5. The second-order valence-electron chi connectivity index (χ2n) is 3.86. The van der Waals surface area contributed by atoms with Crippen molar-refractivity contribution in [3.05, 3.63) is 18.0 Å². The Balaban J connectivity index is 2.04. The molecule has 1 fully saturated rings. The van der Waals surface area contributed by atoms with Gasteiger partial charge in [0.1, 0.15) is 0 Å². The van der Waals surface area contributed by atoms with Gasteiger partial charge in [-0.25, -0.2) is 0 Å². The summed E-state index contributed by atoms with van der Waals surface area (Å²) in [7, 11) is 1.91. The van der Waals surface area contributed by atoms with Gasteiger partial charge in [0.15, 0.2) is 0 Å². The molecule has 1 unspecified atom stereocenters. The third-order valence-corrected chi connectivity index (χ3v) is 2.45. The molecule has 0 aromatic carbocycles. The summed E-state index contributed by atoms with van der Waals surface area (Å²) in [6.07, 6.45) is 5.68. The number of ether oxygens (including phenoxy) is 1. The van der Waals surface area contributed by atoms with Crippen LogP contribution in [0.5, 0.6) is 0 Å². The lowest BCUT2D eigenvalue weighted by atomic mass is 9.93. The fourth-order valence-electron chi connectivity index (χ4n) is 1.73. The molecule has 2 rings (SSSR count). The molecule has 0 spiro atoms. The smallest absolute Gasteiger partial charge is 0.0650 e. The number of aromatic nitrogens is 2. The summed E-state index contributed by atoms with van der Waals surface area (Å²) in [5, 5.41) is 4.11. The summed E-state index contributed by atoms with van der Waals surface area (Å²) in [5.41, 5.74) is 7.16. The van der Waals surface area contributed by atoms with E-state index < -0.39 is 0 Å². The van der Waals surface area contributed by atoms with E-state index in [2.05, 4.69) is 5.10 Å². The second kappa shape index (κ2) is 3.12. The average Bonchev–Trinajstić information content (AvgIpc) is 2.62. The average molecular weight is 181 g/mol. The topological polar surface area (TPSA) is 53.1 Å². The molecular formula is C9H15N3O. The zero-order valence-electron chi connectivity index (χ0n) is 7.86. The van der Waals surface area contributed by atoms with Crippen molar-refractivity contribution in [3.8, 4) is 0 Å². The predicted octanol–water partition coefficient (Wildman–Crippen LogP) is 0.0804. The minimum atomic E-state index is -0.164. The molecule has 4 nitrogen and oxygen atoms in total. The van der Waals surface area contributed by atoms with Gasteiger partial charge < -0.3 is 10.5 Å². The fraction of sp³-hybridized carbons (Fsp3) is 0.667. The zero-order valence-corrected chi connectivity index (χ0v) is 7.86. The molecule has 0 aliphatic carbocycles. The van der Waals surface area contributed by atoms with Gasteiger partial charge in [0.25, 0.3) is 0 Å². The van der Waals surface area contributed by atoms with Crippen LogP contribution in [-0.4, -0.2) is 28.5 Å². The molecule has 1 aliphatic rings. The van der Waals surface area contributed by atoms with Crippen molar-refractivity contribution in [2.24, 2.45) is 12.8 Å². The highest BCUT2D eigenvalue weighted by molar-refractivity contribution is 5.10. The van der Waals surface area contributed by atoms with E-state index in [1.54, 1.807) is 4.68 Å². The zero-order chi connectivity index (χ0) is 9.31. The SMILES string of the molecule is Cn1cc(CC2(N)CCOC2)cn1. The molecule has 1 aliphatic heterocycles. The standard InChI is InChI=1S/C9H15N3O/c1-12-6-8(5-11-12)4-9(10)2-3-13-7-9/h5-6H,2-4,7,10H2,1H3. The third kappa shape index (κ3) is 1.89. The van der Waals surface area contributed by atoms with Crippen LogP contribution in [0.15, 0.2) is 12.4 Å². The molecule has 0 radical (unpaired) electrons. The molecule has 1 saturated heterocycles. The largest absolute Gasteiger partial charge is 0.379 e. The van der Waals surface area contributed by atoms with Crippen LogP contribution in [-0.2, 0) is 18.2 Å². The van der Waals surface area contributed by atoms with Gasteiger partial charge in [0.05, 0.1) is 12.8 Å². The van der Waals surface area contributed by atoms with Gasteiger partial charge in [-0.15, -0.1) is 0 Å². The highest BCUT2D eigenvalue weighted by Gasteiger charge is 2.30. The molecule has 0 amide bonds. The minimum absolute atomic E-state index is 0.164. The molecule has 1 aromatic heterocycles. The number of hydrogen-bond donors (Lipinski definition) is 1. The van der Waals surface area contributed by atoms with Crippen molar-refractivity contribution in [2.75, 3.05) is 13.2 Å². The van der Waals surface area contributed by atoms with Crippen LogP contribution in [0.3, 0.4) is 0 Å². The van der Waals surface area contributed by atoms with Gasteiger partial charge in [-0.2, -0.15) is 5.10 Å². The first-order valence-corrected chi connectivity index (χ1v) is 4.52. The number of nitrogens with zero attached hydrogens (tertiary/aromatic N) is 2. The summed E-state index contributed by atoms with van der Waals surface area (Å²) in [5.74, 6) is 0. The van der Waals surface area contributed by atoms with E-state index in [1.807, 2.05) is 19.4 Å². The van der Waals surface area contributed by atoms with E-state index in [0.29, 0.717) is 6.61 Å². The van der Waals surface area contributed by atoms with E-state index in [-0.39, 0.29) is 5.54 Å². The first kappa shape index (κ1) is 8.72. The monoisotopic (exact) mass is 181 g/mol. The predicted molar refractivity (Wildman–Crippen MR) is 49.3 cm³/mol. The number of rotatable bonds is 2. The summed E-state index contributed by atoms with van der Waals surface area (Å²) >= 11 is 0. The van der Waals surface area contributed by atoms with E-state index in [9.17, 15) is 0 Å². The van der Waals surface area contributed by atoms with E-state index >= 15 is 0 Å². The van der Waals surface area contributed by atoms with Gasteiger partial charge in [-0.3, -0.25) is 4.68 Å². The number of hydrogen-bond acceptors (Lipinski definition) is 3. The molecule has 72 valence electrons. The van der Waals surface area contributed by atoms with Crippen LogP contribution >= 0.6 is 0 Å². The quantitative estimate of drug-likeness (QED) is 0.703. The molecule has 0 bridgehead atoms. The van der Waals surface area contributed by atoms with Crippen molar-refractivity contribution in [3.63, 3.8) is 0 Å². The number of aryl methyl sites for hydroxylation is 1. The summed E-state index contributed by atoms with van der Waals surface area (Å²) in [6, 6.07) is 0. The first-order valence-electron chi connectivity index (χ1n) is 4.52. The summed E-state index contributed by atoms with van der Waals surface area (Å²) < 4.78 is 7.09. The second-order valence-corrected chi connectivity index (χ2v) is 3.86. The number of nitrogens with two attached hydrogens (primary N) is 1. The van der Waals surface area contributed by atoms with Crippen LogP contribution in [0.1, 0.15) is 12.0 Å². The van der Waals surface area contributed by atoms with Crippen LogP contribution in [0.25, 0.3) is 0 Å². The lowest BCUT2D eigenvalue weighted by Crippen LogP contribution is -2.42. The molecular weight excluding hydrogens is 166 g/mol. The lowest BCUT2D eigenvalue weighted by Gasteiger charge is -2.20. The Morgan fingerprint density at radius 3 is 3.15 bits per heavy atom. The minimum Gasteiger partial charge on any atom is -0.379 e. The molecule has 0 saturated carbocycles. The Kier molecular flexibility index (Phi) is 2.09. The van der Waals surface area contributed by atoms with Gasteiger partial charge in [0.2, 0.25) is 0 Å². The van der Waals surface area contributed by atoms with Gasteiger partial charge >= 0.3 is 0 Å². The lowest BCUT2D eigenvalue weighted by molar-refractivity contribution is 0.178. The highest BCUT2D eigenvalue weighted by Crippen LogP contribution is 2.20. The van der Waals surface area contributed by atoms with Crippen molar-refractivity contribution >= 4 is 0 Å². The Morgan fingerprint density at radius 1 is 1.77 bits per heavy atom. The van der Waals surface area contributed by atoms with Gasteiger partial charge in [-0.05, 0) is 18.4 Å². The molecule has 4 heteroatoms. The molecule has 1 atom stereocenters. The van der Waals surface area contributed by atoms with E-state index in [1.165, 1.54) is 5.56 Å². The summed E-state index contributed by atoms with van der Waals surface area (Å²) in [4.78, 5) is 0. The Bertz CT molecular complexity index is 289. The van der Waals surface area contributed by atoms with Gasteiger partial charge in [-0.1, -0.05) is 0 Å². The first-order chi connectivity index (χ1) is 6.18. The van der Waals surface area contributed by atoms with Crippen molar-refractivity contribution < 1.29 is 4.74 Å². The molecule has 1 aromatic rings. The van der Waals surface area contributed by atoms with Crippen LogP contribution in [0, 0.1) is 0 Å². The fourth-order valence-corrected chi connectivity index (χ4v) is 1.73. The maximum Gasteiger partial charge on any atom is 0.0650 e. The third-order valence-electron chi connectivity index (χ3n) is 2.45. The van der Waals surface area contributed by atoms with Crippen molar-refractivity contribution in [2.45, 2.75) is 18.4 Å². The molecule has 13 heavy (non-hydrogen) atoms. The Labute approximate surface area is 77.7 Å². The molecule has 2 heterocycles. The van der Waals surface area contributed by atoms with Crippen LogP contribution < -0.4 is 5.73 Å². The van der Waals surface area contributed by atoms with E-state index in [4.69, 9.17) is 10.5 Å². The summed E-state index contributed by atoms with van der Waals surface area (Å²) in [6.45, 7) is 1.46. The van der Waals surface area contributed by atoms with Crippen molar-refractivity contribution in [1.29, 1.82) is 0 Å². The van der Waals surface area contributed by atoms with Gasteiger partial charge in [0, 0.05) is 25.4 Å².